The molecule has 1 unspecified atom stereocenters. The maximum atomic E-state index is 2.35. The van der Waals surface area contributed by atoms with E-state index < -0.39 is 0 Å². The van der Waals surface area contributed by atoms with Gasteiger partial charge in [0.15, 0.2) is 0 Å². The summed E-state index contributed by atoms with van der Waals surface area (Å²) in [7, 11) is 0. The average Bonchev–Trinajstić information content (AvgIpc) is 2.36. The smallest absolute Gasteiger partial charge is 0.0218 e. The van der Waals surface area contributed by atoms with Crippen molar-refractivity contribution < 1.29 is 0 Å². The van der Waals surface area contributed by atoms with Gasteiger partial charge < -0.3 is 0 Å². The van der Waals surface area contributed by atoms with Crippen molar-refractivity contribution >= 4 is 0 Å². The van der Waals surface area contributed by atoms with E-state index in [1.54, 1.807) is 0 Å². The molecule has 1 aliphatic rings. The quantitative estimate of drug-likeness (QED) is 0.566. The number of hydrogen-bond donors (Lipinski definition) is 0. The lowest BCUT2D eigenvalue weighted by Crippen LogP contribution is -1.95. The van der Waals surface area contributed by atoms with Crippen LogP contribution in [0.15, 0.2) is 71.4 Å². The maximum absolute atomic E-state index is 2.35. The van der Waals surface area contributed by atoms with Gasteiger partial charge in [0, 0.05) is 0 Å². The predicted molar refractivity (Wildman–Crippen MR) is 82.5 cm³/mol. The SMILES string of the molecule is C\C=C/C=C\C(C)=C\C=C(/C)C1=CC(C)CC=C1. The first-order valence-corrected chi connectivity index (χ1v) is 6.66. The highest BCUT2D eigenvalue weighted by atomic mass is 14.1. The average molecular weight is 240 g/mol. The lowest BCUT2D eigenvalue weighted by atomic mass is 9.94. The summed E-state index contributed by atoms with van der Waals surface area (Å²) < 4.78 is 0. The van der Waals surface area contributed by atoms with Crippen molar-refractivity contribution in [3.8, 4) is 0 Å². The summed E-state index contributed by atoms with van der Waals surface area (Å²) in [6.07, 6.45) is 20.6. The number of rotatable bonds is 4. The summed E-state index contributed by atoms with van der Waals surface area (Å²) in [5, 5.41) is 0. The van der Waals surface area contributed by atoms with Gasteiger partial charge >= 0.3 is 0 Å². The molecule has 0 aromatic rings. The molecule has 0 aliphatic heterocycles. The van der Waals surface area contributed by atoms with Crippen molar-refractivity contribution in [1.29, 1.82) is 0 Å². The number of allylic oxidation sites excluding steroid dienone is 12. The standard InChI is InChI=1S/C18H24/c1-5-6-7-9-15(2)12-13-17(4)18-11-8-10-16(3)14-18/h5-9,11-14,16H,10H2,1-4H3/b6-5-,9-7-,15-12+,17-13+. The highest BCUT2D eigenvalue weighted by molar-refractivity contribution is 5.43. The summed E-state index contributed by atoms with van der Waals surface area (Å²) >= 11 is 0. The highest BCUT2D eigenvalue weighted by Gasteiger charge is 2.04. The molecule has 0 bridgehead atoms. The van der Waals surface area contributed by atoms with Gasteiger partial charge in [-0.15, -0.1) is 0 Å². The van der Waals surface area contributed by atoms with Gasteiger partial charge in [0.05, 0.1) is 0 Å². The third kappa shape index (κ3) is 5.18. The molecule has 0 heteroatoms. The van der Waals surface area contributed by atoms with Crippen molar-refractivity contribution in [3.63, 3.8) is 0 Å². The van der Waals surface area contributed by atoms with E-state index >= 15 is 0 Å². The van der Waals surface area contributed by atoms with Crippen molar-refractivity contribution in [1.82, 2.24) is 0 Å². The summed E-state index contributed by atoms with van der Waals surface area (Å²) in [6.45, 7) is 8.58. The summed E-state index contributed by atoms with van der Waals surface area (Å²) in [5.41, 5.74) is 3.95. The fourth-order valence-electron chi connectivity index (χ4n) is 1.83. The number of hydrogen-bond acceptors (Lipinski definition) is 0. The Morgan fingerprint density at radius 1 is 1.22 bits per heavy atom. The van der Waals surface area contributed by atoms with Gasteiger partial charge in [0.1, 0.15) is 0 Å². The largest absolute Gasteiger partial charge is 0.0877 e. The minimum absolute atomic E-state index is 0.660. The van der Waals surface area contributed by atoms with Crippen LogP contribution in [0.25, 0.3) is 0 Å². The second-order valence-electron chi connectivity index (χ2n) is 4.88. The summed E-state index contributed by atoms with van der Waals surface area (Å²) in [5.74, 6) is 0.660. The lowest BCUT2D eigenvalue weighted by Gasteiger charge is -2.12. The van der Waals surface area contributed by atoms with Gasteiger partial charge in [-0.25, -0.2) is 0 Å². The van der Waals surface area contributed by atoms with E-state index in [0.29, 0.717) is 5.92 Å². The summed E-state index contributed by atoms with van der Waals surface area (Å²) in [6, 6.07) is 0. The van der Waals surface area contributed by atoms with Gasteiger partial charge in [0.25, 0.3) is 0 Å². The van der Waals surface area contributed by atoms with Crippen LogP contribution in [0.4, 0.5) is 0 Å². The molecule has 0 radical (unpaired) electrons. The van der Waals surface area contributed by atoms with Crippen molar-refractivity contribution in [3.05, 3.63) is 71.4 Å². The van der Waals surface area contributed by atoms with Crippen molar-refractivity contribution in [2.75, 3.05) is 0 Å². The molecule has 1 rings (SSSR count). The van der Waals surface area contributed by atoms with Crippen LogP contribution in [-0.4, -0.2) is 0 Å². The topological polar surface area (TPSA) is 0 Å². The molecule has 1 aliphatic carbocycles. The van der Waals surface area contributed by atoms with Gasteiger partial charge in [-0.05, 0) is 44.3 Å². The summed E-state index contributed by atoms with van der Waals surface area (Å²) in [4.78, 5) is 0. The molecule has 0 nitrogen and oxygen atoms in total. The fraction of sp³-hybridized carbons (Fsp3) is 0.333. The molecule has 0 aromatic carbocycles. The molecular formula is C18H24. The van der Waals surface area contributed by atoms with E-state index in [1.165, 1.54) is 16.7 Å². The first kappa shape index (κ1) is 14.5. The van der Waals surface area contributed by atoms with E-state index in [0.717, 1.165) is 6.42 Å². The van der Waals surface area contributed by atoms with Crippen LogP contribution in [0, 0.1) is 5.92 Å². The second kappa shape index (κ2) is 7.71. The van der Waals surface area contributed by atoms with Gasteiger partial charge in [-0.3, -0.25) is 0 Å². The Balaban J connectivity index is 2.72. The first-order chi connectivity index (χ1) is 8.63. The van der Waals surface area contributed by atoms with E-state index in [9.17, 15) is 0 Å². The Labute approximate surface area is 112 Å². The minimum atomic E-state index is 0.660. The second-order valence-corrected chi connectivity index (χ2v) is 4.88. The lowest BCUT2D eigenvalue weighted by molar-refractivity contribution is 0.730. The monoisotopic (exact) mass is 240 g/mol. The highest BCUT2D eigenvalue weighted by Crippen LogP contribution is 2.21. The maximum Gasteiger partial charge on any atom is -0.0218 e. The zero-order valence-corrected chi connectivity index (χ0v) is 12.0. The van der Waals surface area contributed by atoms with Crippen LogP contribution < -0.4 is 0 Å². The van der Waals surface area contributed by atoms with Crippen LogP contribution >= 0.6 is 0 Å². The molecule has 1 atom stereocenters. The van der Waals surface area contributed by atoms with Crippen LogP contribution in [0.2, 0.25) is 0 Å². The molecule has 0 saturated heterocycles. The van der Waals surface area contributed by atoms with Crippen molar-refractivity contribution in [2.45, 2.75) is 34.1 Å². The van der Waals surface area contributed by atoms with Crippen molar-refractivity contribution in [2.24, 2.45) is 5.92 Å². The first-order valence-electron chi connectivity index (χ1n) is 6.66. The molecule has 0 saturated carbocycles. The zero-order valence-electron chi connectivity index (χ0n) is 12.0. The molecule has 0 heterocycles. The molecule has 0 fully saturated rings. The zero-order chi connectivity index (χ0) is 13.4. The third-order valence-electron chi connectivity index (χ3n) is 2.98. The molecule has 18 heavy (non-hydrogen) atoms. The van der Waals surface area contributed by atoms with Crippen LogP contribution in [0.1, 0.15) is 34.1 Å². The third-order valence-corrected chi connectivity index (χ3v) is 2.98. The Kier molecular flexibility index (Phi) is 6.21. The Morgan fingerprint density at radius 3 is 2.67 bits per heavy atom. The molecule has 0 amide bonds. The van der Waals surface area contributed by atoms with E-state index in [2.05, 4.69) is 63.3 Å². The Morgan fingerprint density at radius 2 is 2.00 bits per heavy atom. The molecular weight excluding hydrogens is 216 g/mol. The fourth-order valence-corrected chi connectivity index (χ4v) is 1.83. The minimum Gasteiger partial charge on any atom is -0.0877 e. The van der Waals surface area contributed by atoms with Gasteiger partial charge in [-0.1, -0.05) is 67.2 Å². The molecule has 0 aromatic heterocycles. The molecule has 0 N–H and O–H groups in total. The van der Waals surface area contributed by atoms with Crippen LogP contribution in [0.3, 0.4) is 0 Å². The van der Waals surface area contributed by atoms with E-state index in [1.807, 2.05) is 19.1 Å². The van der Waals surface area contributed by atoms with Gasteiger partial charge in [-0.2, -0.15) is 0 Å². The van der Waals surface area contributed by atoms with Crippen LogP contribution in [0.5, 0.6) is 0 Å². The van der Waals surface area contributed by atoms with Gasteiger partial charge in [0.2, 0.25) is 0 Å². The van der Waals surface area contributed by atoms with Crippen LogP contribution in [-0.2, 0) is 0 Å². The van der Waals surface area contributed by atoms with E-state index in [-0.39, 0.29) is 0 Å². The normalized spacial score (nSPS) is 22.0. The molecule has 96 valence electrons. The van der Waals surface area contributed by atoms with E-state index in [4.69, 9.17) is 0 Å². The predicted octanol–water partition coefficient (Wildman–Crippen LogP) is 5.53. The molecule has 0 spiro atoms. The Bertz CT molecular complexity index is 437. The Hall–Kier alpha value is -1.56.